The number of amides is 1. The van der Waals surface area contributed by atoms with Crippen LogP contribution in [0.25, 0.3) is 0 Å². The lowest BCUT2D eigenvalue weighted by molar-refractivity contribution is -0.114. The molecular weight excluding hydrogens is 356 g/mol. The van der Waals surface area contributed by atoms with Gasteiger partial charge in [0.15, 0.2) is 0 Å². The fourth-order valence-corrected chi connectivity index (χ4v) is 3.18. The summed E-state index contributed by atoms with van der Waals surface area (Å²) in [4.78, 5) is 12.4. The molecule has 0 saturated heterocycles. The maximum Gasteiger partial charge on any atom is 0.245 e. The highest BCUT2D eigenvalue weighted by atomic mass is 32.2. The zero-order valence-corrected chi connectivity index (χ0v) is 15.7. The Labute approximate surface area is 153 Å². The van der Waals surface area contributed by atoms with E-state index in [1.807, 2.05) is 6.92 Å². The van der Waals surface area contributed by atoms with Gasteiger partial charge in [-0.05, 0) is 31.2 Å². The number of ether oxygens (including phenoxy) is 2. The van der Waals surface area contributed by atoms with Crippen molar-refractivity contribution in [1.82, 2.24) is 0 Å². The standard InChI is InChI=1S/C18H22N2O5S/c1-4-25-17-10-6-8-15(12-17)20(26(3,22)23)13-18(21)19-14-7-5-9-16(11-14)24-2/h5-12H,4,13H2,1-3H3,(H,19,21). The molecule has 0 spiro atoms. The molecule has 0 aliphatic carbocycles. The molecule has 0 bridgehead atoms. The maximum absolute atomic E-state index is 12.4. The zero-order chi connectivity index (χ0) is 19.2. The van der Waals surface area contributed by atoms with E-state index in [1.54, 1.807) is 48.5 Å². The van der Waals surface area contributed by atoms with Crippen LogP contribution >= 0.6 is 0 Å². The number of sulfonamides is 1. The third-order valence-electron chi connectivity index (χ3n) is 3.46. The number of nitrogens with one attached hydrogen (secondary N) is 1. The Morgan fingerprint density at radius 2 is 1.81 bits per heavy atom. The molecular formula is C18H22N2O5S. The summed E-state index contributed by atoms with van der Waals surface area (Å²) in [5, 5.41) is 2.67. The van der Waals surface area contributed by atoms with Crippen molar-refractivity contribution in [3.63, 3.8) is 0 Å². The van der Waals surface area contributed by atoms with Gasteiger partial charge in [-0.15, -0.1) is 0 Å². The van der Waals surface area contributed by atoms with E-state index in [2.05, 4.69) is 5.32 Å². The number of hydrogen-bond donors (Lipinski definition) is 1. The van der Waals surface area contributed by atoms with Crippen LogP contribution < -0.4 is 19.1 Å². The first-order valence-corrected chi connectivity index (χ1v) is 9.82. The van der Waals surface area contributed by atoms with Crippen molar-refractivity contribution < 1.29 is 22.7 Å². The van der Waals surface area contributed by atoms with Gasteiger partial charge in [-0.3, -0.25) is 9.10 Å². The molecule has 2 aromatic rings. The highest BCUT2D eigenvalue weighted by Gasteiger charge is 2.21. The van der Waals surface area contributed by atoms with Crippen molar-refractivity contribution in [2.24, 2.45) is 0 Å². The van der Waals surface area contributed by atoms with E-state index in [4.69, 9.17) is 9.47 Å². The van der Waals surface area contributed by atoms with Crippen molar-refractivity contribution in [1.29, 1.82) is 0 Å². The molecule has 0 atom stereocenters. The second kappa shape index (κ2) is 8.57. The average molecular weight is 378 g/mol. The molecule has 2 aromatic carbocycles. The van der Waals surface area contributed by atoms with Crippen LogP contribution in [0.5, 0.6) is 11.5 Å². The molecule has 0 fully saturated rings. The van der Waals surface area contributed by atoms with Crippen LogP contribution in [0, 0.1) is 0 Å². The van der Waals surface area contributed by atoms with Crippen LogP contribution in [0.4, 0.5) is 11.4 Å². The average Bonchev–Trinajstić information content (AvgIpc) is 2.59. The molecule has 0 aliphatic rings. The highest BCUT2D eigenvalue weighted by Crippen LogP contribution is 2.23. The number of rotatable bonds is 8. The molecule has 7 nitrogen and oxygen atoms in total. The van der Waals surface area contributed by atoms with Gasteiger partial charge in [0.25, 0.3) is 0 Å². The van der Waals surface area contributed by atoms with Crippen LogP contribution in [0.3, 0.4) is 0 Å². The Kier molecular flexibility index (Phi) is 6.46. The molecule has 1 amide bonds. The Balaban J connectivity index is 2.20. The summed E-state index contributed by atoms with van der Waals surface area (Å²) in [5.74, 6) is 0.657. The maximum atomic E-state index is 12.4. The number of hydrogen-bond acceptors (Lipinski definition) is 5. The third-order valence-corrected chi connectivity index (χ3v) is 4.60. The van der Waals surface area contributed by atoms with Gasteiger partial charge in [0.05, 0.1) is 25.7 Å². The summed E-state index contributed by atoms with van der Waals surface area (Å²) < 4.78 is 35.9. The Hall–Kier alpha value is -2.74. The number of nitrogens with zero attached hydrogens (tertiary/aromatic N) is 1. The van der Waals surface area contributed by atoms with E-state index in [0.29, 0.717) is 29.5 Å². The molecule has 0 saturated carbocycles. The first-order chi connectivity index (χ1) is 12.3. The van der Waals surface area contributed by atoms with Gasteiger partial charge in [0.1, 0.15) is 18.0 Å². The van der Waals surface area contributed by atoms with Gasteiger partial charge in [-0.25, -0.2) is 8.42 Å². The number of anilines is 2. The molecule has 0 aromatic heterocycles. The van der Waals surface area contributed by atoms with Gasteiger partial charge >= 0.3 is 0 Å². The van der Waals surface area contributed by atoms with Crippen LogP contribution in [0.2, 0.25) is 0 Å². The first-order valence-electron chi connectivity index (χ1n) is 7.98. The molecule has 26 heavy (non-hydrogen) atoms. The summed E-state index contributed by atoms with van der Waals surface area (Å²) >= 11 is 0. The van der Waals surface area contributed by atoms with Gasteiger partial charge in [-0.2, -0.15) is 0 Å². The second-order valence-corrected chi connectivity index (χ2v) is 7.39. The predicted octanol–water partition coefficient (Wildman–Crippen LogP) is 2.50. The van der Waals surface area contributed by atoms with E-state index < -0.39 is 15.9 Å². The van der Waals surface area contributed by atoms with E-state index in [1.165, 1.54) is 7.11 Å². The number of methoxy groups -OCH3 is 1. The number of benzene rings is 2. The van der Waals surface area contributed by atoms with Crippen molar-refractivity contribution in [3.05, 3.63) is 48.5 Å². The van der Waals surface area contributed by atoms with Crippen molar-refractivity contribution >= 4 is 27.3 Å². The Morgan fingerprint density at radius 1 is 1.12 bits per heavy atom. The summed E-state index contributed by atoms with van der Waals surface area (Å²) in [6.07, 6.45) is 1.05. The summed E-state index contributed by atoms with van der Waals surface area (Å²) in [5.41, 5.74) is 0.880. The van der Waals surface area contributed by atoms with Gasteiger partial charge < -0.3 is 14.8 Å². The molecule has 0 aliphatic heterocycles. The molecule has 140 valence electrons. The smallest absolute Gasteiger partial charge is 0.245 e. The second-order valence-electron chi connectivity index (χ2n) is 5.48. The first kappa shape index (κ1) is 19.6. The van der Waals surface area contributed by atoms with Crippen molar-refractivity contribution in [3.8, 4) is 11.5 Å². The minimum atomic E-state index is -3.66. The van der Waals surface area contributed by atoms with Crippen LogP contribution in [0.1, 0.15) is 6.92 Å². The molecule has 2 rings (SSSR count). The quantitative estimate of drug-likeness (QED) is 0.763. The minimum Gasteiger partial charge on any atom is -0.497 e. The van der Waals surface area contributed by atoms with Crippen molar-refractivity contribution in [2.45, 2.75) is 6.92 Å². The Morgan fingerprint density at radius 3 is 2.46 bits per heavy atom. The fourth-order valence-electron chi connectivity index (χ4n) is 2.33. The predicted molar refractivity (Wildman–Crippen MR) is 101 cm³/mol. The third kappa shape index (κ3) is 5.38. The van der Waals surface area contributed by atoms with E-state index in [0.717, 1.165) is 10.6 Å². The van der Waals surface area contributed by atoms with Gasteiger partial charge in [-0.1, -0.05) is 12.1 Å². The zero-order valence-electron chi connectivity index (χ0n) is 14.9. The number of carbonyl (C=O) groups excluding carboxylic acids is 1. The van der Waals surface area contributed by atoms with Crippen LogP contribution in [-0.2, 0) is 14.8 Å². The molecule has 1 N–H and O–H groups in total. The fraction of sp³-hybridized carbons (Fsp3) is 0.278. The van der Waals surface area contributed by atoms with E-state index in [9.17, 15) is 13.2 Å². The lowest BCUT2D eigenvalue weighted by Crippen LogP contribution is -2.37. The highest BCUT2D eigenvalue weighted by molar-refractivity contribution is 7.92. The monoisotopic (exact) mass is 378 g/mol. The molecule has 0 unspecified atom stereocenters. The van der Waals surface area contributed by atoms with Crippen LogP contribution in [-0.4, -0.2) is 40.8 Å². The molecule has 0 radical (unpaired) electrons. The SMILES string of the molecule is CCOc1cccc(N(CC(=O)Nc2cccc(OC)c2)S(C)(=O)=O)c1. The summed E-state index contributed by atoms with van der Waals surface area (Å²) in [6.45, 7) is 1.94. The van der Waals surface area contributed by atoms with E-state index in [-0.39, 0.29) is 6.54 Å². The lowest BCUT2D eigenvalue weighted by atomic mass is 10.3. The Bertz CT molecular complexity index is 867. The van der Waals surface area contributed by atoms with Gasteiger partial charge in [0.2, 0.25) is 15.9 Å². The summed E-state index contributed by atoms with van der Waals surface area (Å²) in [7, 11) is -2.13. The topological polar surface area (TPSA) is 84.9 Å². The van der Waals surface area contributed by atoms with Crippen molar-refractivity contribution in [2.75, 3.05) is 36.1 Å². The lowest BCUT2D eigenvalue weighted by Gasteiger charge is -2.22. The number of carbonyl (C=O) groups is 1. The molecule has 0 heterocycles. The van der Waals surface area contributed by atoms with Gasteiger partial charge in [0, 0.05) is 17.8 Å². The van der Waals surface area contributed by atoms with E-state index >= 15 is 0 Å². The normalized spacial score (nSPS) is 10.9. The van der Waals surface area contributed by atoms with Crippen LogP contribution in [0.15, 0.2) is 48.5 Å². The largest absolute Gasteiger partial charge is 0.497 e. The minimum absolute atomic E-state index is 0.356. The summed E-state index contributed by atoms with van der Waals surface area (Å²) in [6, 6.07) is 13.4. The molecule has 8 heteroatoms.